The molecule has 4 heteroatoms. The number of ether oxygens (including phenoxy) is 2. The van der Waals surface area contributed by atoms with Crippen LogP contribution >= 0.6 is 0 Å². The Balaban J connectivity index is 2.27. The van der Waals surface area contributed by atoms with Crippen LogP contribution in [0, 0.1) is 0 Å². The van der Waals surface area contributed by atoms with E-state index in [1.807, 2.05) is 24.3 Å². The fourth-order valence-corrected chi connectivity index (χ4v) is 1.71. The van der Waals surface area contributed by atoms with E-state index in [1.54, 1.807) is 6.92 Å². The van der Waals surface area contributed by atoms with E-state index < -0.39 is 0 Å². The largest absolute Gasteiger partial charge is 0.494 e. The maximum Gasteiger partial charge on any atom is 0.305 e. The third kappa shape index (κ3) is 6.82. The summed E-state index contributed by atoms with van der Waals surface area (Å²) in [6.45, 7) is 2.92. The van der Waals surface area contributed by atoms with Crippen molar-refractivity contribution in [1.29, 1.82) is 0 Å². The van der Waals surface area contributed by atoms with Gasteiger partial charge in [0.2, 0.25) is 0 Å². The number of aliphatic hydroxyl groups is 1. The van der Waals surface area contributed by atoms with E-state index in [0.717, 1.165) is 24.2 Å². The van der Waals surface area contributed by atoms with E-state index in [0.29, 0.717) is 26.1 Å². The molecule has 1 N–H and O–H groups in total. The molecular formula is C15H22O4. The third-order valence-electron chi connectivity index (χ3n) is 2.62. The van der Waals surface area contributed by atoms with Crippen molar-refractivity contribution >= 4 is 5.97 Å². The summed E-state index contributed by atoms with van der Waals surface area (Å²) in [5.41, 5.74) is 1.15. The average Bonchev–Trinajstić information content (AvgIpc) is 2.42. The lowest BCUT2D eigenvalue weighted by Gasteiger charge is -2.07. The van der Waals surface area contributed by atoms with Crippen molar-refractivity contribution in [3.05, 3.63) is 29.8 Å². The van der Waals surface area contributed by atoms with Gasteiger partial charge in [-0.1, -0.05) is 12.1 Å². The van der Waals surface area contributed by atoms with Gasteiger partial charge in [0, 0.05) is 13.0 Å². The Bertz CT molecular complexity index is 376. The fourth-order valence-electron chi connectivity index (χ4n) is 1.71. The van der Waals surface area contributed by atoms with Gasteiger partial charge in [-0.15, -0.1) is 0 Å². The first kappa shape index (κ1) is 15.5. The molecule has 0 atom stereocenters. The number of rotatable bonds is 9. The first-order chi connectivity index (χ1) is 9.26. The van der Waals surface area contributed by atoms with Gasteiger partial charge in [0.05, 0.1) is 13.2 Å². The number of hydrogen-bond acceptors (Lipinski definition) is 4. The molecule has 0 saturated heterocycles. The lowest BCUT2D eigenvalue weighted by atomic mass is 10.1. The summed E-state index contributed by atoms with van der Waals surface area (Å²) < 4.78 is 10.4. The maximum absolute atomic E-state index is 11.1. The second-order valence-corrected chi connectivity index (χ2v) is 4.23. The summed E-state index contributed by atoms with van der Waals surface area (Å²) in [6.07, 6.45) is 2.64. The molecule has 0 radical (unpaired) electrons. The van der Waals surface area contributed by atoms with Gasteiger partial charge < -0.3 is 14.6 Å². The fraction of sp³-hybridized carbons (Fsp3) is 0.533. The van der Waals surface area contributed by atoms with Gasteiger partial charge in [-0.3, -0.25) is 4.79 Å². The highest BCUT2D eigenvalue weighted by atomic mass is 16.5. The highest BCUT2D eigenvalue weighted by Gasteiger charge is 2.02. The maximum atomic E-state index is 11.1. The molecule has 0 spiro atoms. The van der Waals surface area contributed by atoms with Crippen LogP contribution in [0.1, 0.15) is 31.7 Å². The molecule has 1 rings (SSSR count). The Hall–Kier alpha value is -1.55. The molecule has 19 heavy (non-hydrogen) atoms. The molecule has 0 aromatic heterocycles. The summed E-state index contributed by atoms with van der Waals surface area (Å²) in [5.74, 6) is 0.627. The Morgan fingerprint density at radius 1 is 1.32 bits per heavy atom. The normalized spacial score (nSPS) is 10.2. The minimum absolute atomic E-state index is 0.178. The van der Waals surface area contributed by atoms with E-state index >= 15 is 0 Å². The number of hydrogen-bond donors (Lipinski definition) is 1. The highest BCUT2D eigenvalue weighted by Crippen LogP contribution is 2.15. The molecule has 1 aromatic carbocycles. The van der Waals surface area contributed by atoms with Gasteiger partial charge in [-0.05, 0) is 43.9 Å². The first-order valence-corrected chi connectivity index (χ1v) is 6.74. The quantitative estimate of drug-likeness (QED) is 0.550. The van der Waals surface area contributed by atoms with Crippen molar-refractivity contribution in [3.8, 4) is 5.75 Å². The topological polar surface area (TPSA) is 55.8 Å². The predicted octanol–water partition coefficient (Wildman–Crippen LogP) is 2.33. The van der Waals surface area contributed by atoms with E-state index in [-0.39, 0.29) is 12.6 Å². The predicted molar refractivity (Wildman–Crippen MR) is 73.2 cm³/mol. The van der Waals surface area contributed by atoms with Crippen molar-refractivity contribution in [2.75, 3.05) is 19.8 Å². The van der Waals surface area contributed by atoms with E-state index in [4.69, 9.17) is 14.6 Å². The number of benzene rings is 1. The van der Waals surface area contributed by atoms with Gasteiger partial charge in [0.25, 0.3) is 0 Å². The molecule has 0 amide bonds. The highest BCUT2D eigenvalue weighted by molar-refractivity contribution is 5.69. The summed E-state index contributed by atoms with van der Waals surface area (Å²) in [4.78, 5) is 11.1. The summed E-state index contributed by atoms with van der Waals surface area (Å²) >= 11 is 0. The molecule has 0 aliphatic heterocycles. The molecule has 0 saturated carbocycles. The van der Waals surface area contributed by atoms with Crippen molar-refractivity contribution in [3.63, 3.8) is 0 Å². The van der Waals surface area contributed by atoms with Gasteiger partial charge in [-0.2, -0.15) is 0 Å². The van der Waals surface area contributed by atoms with Crippen LogP contribution in [0.2, 0.25) is 0 Å². The van der Waals surface area contributed by atoms with Gasteiger partial charge >= 0.3 is 5.97 Å². The Kier molecular flexibility index (Phi) is 7.66. The number of carbonyl (C=O) groups excluding carboxylic acids is 1. The standard InChI is InChI=1S/C15H22O4/c1-2-18-15(17)9-5-11-19-14-8-3-6-13(12-14)7-4-10-16/h3,6,8,12,16H,2,4-5,7,9-11H2,1H3. The van der Waals surface area contributed by atoms with Crippen LogP contribution in [0.15, 0.2) is 24.3 Å². The van der Waals surface area contributed by atoms with Crippen LogP contribution in [0.4, 0.5) is 0 Å². The monoisotopic (exact) mass is 266 g/mol. The third-order valence-corrected chi connectivity index (χ3v) is 2.62. The smallest absolute Gasteiger partial charge is 0.305 e. The summed E-state index contributed by atoms with van der Waals surface area (Å²) in [5, 5.41) is 8.79. The average molecular weight is 266 g/mol. The zero-order chi connectivity index (χ0) is 13.9. The van der Waals surface area contributed by atoms with Gasteiger partial charge in [-0.25, -0.2) is 0 Å². The molecule has 0 unspecified atom stereocenters. The SMILES string of the molecule is CCOC(=O)CCCOc1cccc(CCCO)c1. The zero-order valence-electron chi connectivity index (χ0n) is 11.4. The van der Waals surface area contributed by atoms with E-state index in [2.05, 4.69) is 0 Å². The molecule has 0 heterocycles. The van der Waals surface area contributed by atoms with Crippen LogP contribution in [0.25, 0.3) is 0 Å². The van der Waals surface area contributed by atoms with Crippen LogP contribution in [-0.4, -0.2) is 30.9 Å². The molecule has 0 bridgehead atoms. The first-order valence-electron chi connectivity index (χ1n) is 6.74. The minimum atomic E-state index is -0.178. The molecule has 1 aromatic rings. The van der Waals surface area contributed by atoms with Crippen molar-refractivity contribution in [2.24, 2.45) is 0 Å². The molecule has 0 aliphatic carbocycles. The van der Waals surface area contributed by atoms with E-state index in [1.165, 1.54) is 0 Å². The minimum Gasteiger partial charge on any atom is -0.494 e. The molecule has 0 aliphatic rings. The number of aryl methyl sites for hydroxylation is 1. The summed E-state index contributed by atoms with van der Waals surface area (Å²) in [6, 6.07) is 7.82. The van der Waals surface area contributed by atoms with Crippen LogP contribution in [0.5, 0.6) is 5.75 Å². The van der Waals surface area contributed by atoms with Crippen LogP contribution in [0.3, 0.4) is 0 Å². The summed E-state index contributed by atoms with van der Waals surface area (Å²) in [7, 11) is 0. The van der Waals surface area contributed by atoms with Crippen molar-refractivity contribution < 1.29 is 19.4 Å². The van der Waals surface area contributed by atoms with Crippen molar-refractivity contribution in [2.45, 2.75) is 32.6 Å². The zero-order valence-corrected chi connectivity index (χ0v) is 11.4. The van der Waals surface area contributed by atoms with E-state index in [9.17, 15) is 4.79 Å². The second kappa shape index (κ2) is 9.39. The Morgan fingerprint density at radius 2 is 2.16 bits per heavy atom. The van der Waals surface area contributed by atoms with Gasteiger partial charge in [0.1, 0.15) is 5.75 Å². The molecule has 106 valence electrons. The Morgan fingerprint density at radius 3 is 2.89 bits per heavy atom. The lowest BCUT2D eigenvalue weighted by molar-refractivity contribution is -0.143. The molecular weight excluding hydrogens is 244 g/mol. The Labute approximate surface area is 114 Å². The van der Waals surface area contributed by atoms with Crippen LogP contribution < -0.4 is 4.74 Å². The lowest BCUT2D eigenvalue weighted by Crippen LogP contribution is -2.06. The second-order valence-electron chi connectivity index (χ2n) is 4.23. The molecule has 4 nitrogen and oxygen atoms in total. The molecule has 0 fully saturated rings. The van der Waals surface area contributed by atoms with Crippen LogP contribution in [-0.2, 0) is 16.0 Å². The number of carbonyl (C=O) groups is 1. The van der Waals surface area contributed by atoms with Crippen molar-refractivity contribution in [1.82, 2.24) is 0 Å². The van der Waals surface area contributed by atoms with Gasteiger partial charge in [0.15, 0.2) is 0 Å². The number of esters is 1. The number of aliphatic hydroxyl groups excluding tert-OH is 1.